The maximum Gasteiger partial charge on any atom is 0.248 e. The third-order valence-corrected chi connectivity index (χ3v) is 3.58. The van der Waals surface area contributed by atoms with Crippen LogP contribution in [-0.2, 0) is 6.42 Å². The molecule has 110 valence electrons. The van der Waals surface area contributed by atoms with Crippen molar-refractivity contribution in [2.75, 3.05) is 0 Å². The third kappa shape index (κ3) is 2.63. The molecule has 0 fully saturated rings. The molecule has 0 bridgehead atoms. The van der Waals surface area contributed by atoms with Gasteiger partial charge < -0.3 is 10.2 Å². The van der Waals surface area contributed by atoms with Crippen molar-refractivity contribution in [3.8, 4) is 0 Å². The van der Waals surface area contributed by atoms with E-state index in [-0.39, 0.29) is 12.2 Å². The van der Waals surface area contributed by atoms with Crippen LogP contribution in [0.2, 0.25) is 0 Å². The lowest BCUT2D eigenvalue weighted by molar-refractivity contribution is 0.0968. The van der Waals surface area contributed by atoms with Crippen LogP contribution in [0.5, 0.6) is 0 Å². The van der Waals surface area contributed by atoms with Crippen LogP contribution < -0.4 is 5.73 Å². The van der Waals surface area contributed by atoms with Crippen molar-refractivity contribution in [2.24, 2.45) is 5.73 Å². The number of fused-ring (bicyclic) bond motifs is 1. The van der Waals surface area contributed by atoms with Gasteiger partial charge in [-0.3, -0.25) is 9.59 Å². The Kier molecular flexibility index (Phi) is 3.51. The number of benzene rings is 2. The summed E-state index contributed by atoms with van der Waals surface area (Å²) in [5.74, 6) is -0.425. The van der Waals surface area contributed by atoms with Crippen molar-refractivity contribution >= 4 is 22.7 Å². The molecule has 1 heterocycles. The highest BCUT2D eigenvalue weighted by atomic mass is 16.3. The van der Waals surface area contributed by atoms with Gasteiger partial charge in [0.1, 0.15) is 5.58 Å². The van der Waals surface area contributed by atoms with Gasteiger partial charge in [0.25, 0.3) is 0 Å². The van der Waals surface area contributed by atoms with Gasteiger partial charge in [-0.2, -0.15) is 0 Å². The van der Waals surface area contributed by atoms with Crippen LogP contribution in [0.15, 0.2) is 52.9 Å². The topological polar surface area (TPSA) is 73.3 Å². The van der Waals surface area contributed by atoms with Gasteiger partial charge in [0, 0.05) is 17.4 Å². The summed E-state index contributed by atoms with van der Waals surface area (Å²) in [5, 5.41) is 0.895. The average Bonchev–Trinajstić information content (AvgIpc) is 2.90. The van der Waals surface area contributed by atoms with E-state index in [0.29, 0.717) is 22.5 Å². The standard InChI is InChI=1S/C18H15NO3/c1-11-6-7-16-13(8-11)10-17(22-16)15(20)9-12-4-2-3-5-14(12)18(19)21/h2-8,10H,9H2,1H3,(H2,19,21). The highest BCUT2D eigenvalue weighted by Gasteiger charge is 2.16. The first-order valence-corrected chi connectivity index (χ1v) is 6.96. The van der Waals surface area contributed by atoms with Gasteiger partial charge in [0.2, 0.25) is 11.7 Å². The van der Waals surface area contributed by atoms with Crippen LogP contribution in [0, 0.1) is 6.92 Å². The first kappa shape index (κ1) is 14.1. The van der Waals surface area contributed by atoms with Gasteiger partial charge in [-0.1, -0.05) is 29.8 Å². The van der Waals surface area contributed by atoms with Crippen LogP contribution in [0.1, 0.15) is 32.0 Å². The smallest absolute Gasteiger partial charge is 0.248 e. The number of furan rings is 1. The van der Waals surface area contributed by atoms with Crippen molar-refractivity contribution < 1.29 is 14.0 Å². The average molecular weight is 293 g/mol. The fourth-order valence-corrected chi connectivity index (χ4v) is 2.48. The molecule has 22 heavy (non-hydrogen) atoms. The van der Waals surface area contributed by atoms with Crippen LogP contribution in [0.25, 0.3) is 11.0 Å². The molecule has 0 saturated carbocycles. The zero-order valence-electron chi connectivity index (χ0n) is 12.1. The third-order valence-electron chi connectivity index (χ3n) is 3.58. The Morgan fingerprint density at radius 1 is 1.09 bits per heavy atom. The minimum Gasteiger partial charge on any atom is -0.453 e. The van der Waals surface area contributed by atoms with Gasteiger partial charge in [0.15, 0.2) is 5.76 Å². The summed E-state index contributed by atoms with van der Waals surface area (Å²) in [6.45, 7) is 1.98. The summed E-state index contributed by atoms with van der Waals surface area (Å²) in [6.07, 6.45) is 0.0813. The highest BCUT2D eigenvalue weighted by Crippen LogP contribution is 2.22. The number of aryl methyl sites for hydroxylation is 1. The van der Waals surface area contributed by atoms with Gasteiger partial charge in [0.05, 0.1) is 0 Å². The molecule has 4 heteroatoms. The predicted molar refractivity (Wildman–Crippen MR) is 83.9 cm³/mol. The van der Waals surface area contributed by atoms with Crippen LogP contribution >= 0.6 is 0 Å². The molecule has 2 aromatic carbocycles. The number of amides is 1. The fourth-order valence-electron chi connectivity index (χ4n) is 2.48. The second-order valence-corrected chi connectivity index (χ2v) is 5.27. The maximum atomic E-state index is 12.4. The lowest BCUT2D eigenvalue weighted by Gasteiger charge is -2.04. The summed E-state index contributed by atoms with van der Waals surface area (Å²) in [7, 11) is 0. The lowest BCUT2D eigenvalue weighted by atomic mass is 10.0. The second-order valence-electron chi connectivity index (χ2n) is 5.27. The quantitative estimate of drug-likeness (QED) is 0.750. The van der Waals surface area contributed by atoms with Crippen LogP contribution in [-0.4, -0.2) is 11.7 Å². The number of carbonyl (C=O) groups is 2. The molecule has 0 spiro atoms. The molecule has 0 saturated heterocycles. The van der Waals surface area contributed by atoms with Gasteiger partial charge >= 0.3 is 0 Å². The molecule has 2 N–H and O–H groups in total. The molecule has 0 aliphatic heterocycles. The number of hydrogen-bond donors (Lipinski definition) is 1. The number of ketones is 1. The van der Waals surface area contributed by atoms with Crippen molar-refractivity contribution in [2.45, 2.75) is 13.3 Å². The Morgan fingerprint density at radius 3 is 2.64 bits per heavy atom. The van der Waals surface area contributed by atoms with E-state index in [0.717, 1.165) is 10.9 Å². The molecule has 0 atom stereocenters. The second kappa shape index (κ2) is 5.48. The Balaban J connectivity index is 1.92. The van der Waals surface area contributed by atoms with Crippen molar-refractivity contribution in [3.05, 3.63) is 71.0 Å². The van der Waals surface area contributed by atoms with E-state index < -0.39 is 5.91 Å². The summed E-state index contributed by atoms with van der Waals surface area (Å²) in [4.78, 5) is 23.8. The van der Waals surface area contributed by atoms with E-state index >= 15 is 0 Å². The zero-order chi connectivity index (χ0) is 15.7. The van der Waals surface area contributed by atoms with Crippen LogP contribution in [0.3, 0.4) is 0 Å². The largest absolute Gasteiger partial charge is 0.453 e. The van der Waals surface area contributed by atoms with E-state index in [9.17, 15) is 9.59 Å². The molecule has 0 radical (unpaired) electrons. The Hall–Kier alpha value is -2.88. The minimum absolute atomic E-state index is 0.0813. The summed E-state index contributed by atoms with van der Waals surface area (Å²) in [5.41, 5.74) is 8.09. The number of nitrogens with two attached hydrogens (primary N) is 1. The number of rotatable bonds is 4. The lowest BCUT2D eigenvalue weighted by Crippen LogP contribution is -2.15. The molecular weight excluding hydrogens is 278 g/mol. The Morgan fingerprint density at radius 2 is 1.86 bits per heavy atom. The molecule has 4 nitrogen and oxygen atoms in total. The van der Waals surface area contributed by atoms with Gasteiger partial charge in [-0.05, 0) is 36.8 Å². The summed E-state index contributed by atoms with van der Waals surface area (Å²) in [6, 6.07) is 14.3. The van der Waals surface area contributed by atoms with E-state index in [4.69, 9.17) is 10.2 Å². The summed E-state index contributed by atoms with van der Waals surface area (Å²) < 4.78 is 5.59. The zero-order valence-corrected chi connectivity index (χ0v) is 12.1. The first-order valence-electron chi connectivity index (χ1n) is 6.96. The molecule has 0 unspecified atom stereocenters. The van der Waals surface area contributed by atoms with Gasteiger partial charge in [-0.25, -0.2) is 0 Å². The molecule has 1 amide bonds. The number of hydrogen-bond acceptors (Lipinski definition) is 3. The molecule has 0 aliphatic rings. The maximum absolute atomic E-state index is 12.4. The fraction of sp³-hybridized carbons (Fsp3) is 0.111. The number of primary amides is 1. The van der Waals surface area contributed by atoms with Gasteiger partial charge in [-0.15, -0.1) is 0 Å². The number of carbonyl (C=O) groups excluding carboxylic acids is 2. The summed E-state index contributed by atoms with van der Waals surface area (Å²) >= 11 is 0. The number of Topliss-reactive ketones (excluding diaryl/α,β-unsaturated/α-hetero) is 1. The van der Waals surface area contributed by atoms with E-state index in [1.54, 1.807) is 30.3 Å². The predicted octanol–water partition coefficient (Wildman–Crippen LogP) is 3.27. The molecule has 3 aromatic rings. The van der Waals surface area contributed by atoms with Crippen molar-refractivity contribution in [1.29, 1.82) is 0 Å². The van der Waals surface area contributed by atoms with E-state index in [1.165, 1.54) is 0 Å². The molecular formula is C18H15NO3. The normalized spacial score (nSPS) is 10.8. The Labute approximate surface area is 127 Å². The highest BCUT2D eigenvalue weighted by molar-refractivity contribution is 6.01. The Bertz CT molecular complexity index is 877. The monoisotopic (exact) mass is 293 g/mol. The van der Waals surface area contributed by atoms with Crippen molar-refractivity contribution in [1.82, 2.24) is 0 Å². The van der Waals surface area contributed by atoms with Crippen LogP contribution in [0.4, 0.5) is 0 Å². The van der Waals surface area contributed by atoms with Crippen molar-refractivity contribution in [3.63, 3.8) is 0 Å². The van der Waals surface area contributed by atoms with E-state index in [1.807, 2.05) is 25.1 Å². The molecule has 0 aliphatic carbocycles. The minimum atomic E-state index is -0.538. The molecule has 1 aromatic heterocycles. The SMILES string of the molecule is Cc1ccc2oc(C(=O)Cc3ccccc3C(N)=O)cc2c1. The first-order chi connectivity index (χ1) is 10.5. The van der Waals surface area contributed by atoms with E-state index in [2.05, 4.69) is 0 Å². The molecule has 3 rings (SSSR count).